The quantitative estimate of drug-likeness (QED) is 0.0972. The van der Waals surface area contributed by atoms with Crippen LogP contribution in [0.1, 0.15) is 30.9 Å². The summed E-state index contributed by atoms with van der Waals surface area (Å²) in [5, 5.41) is 10.5. The molecule has 0 aliphatic carbocycles. The molecule has 0 aromatic heterocycles. The van der Waals surface area contributed by atoms with Gasteiger partial charge in [-0.3, -0.25) is 0 Å². The zero-order valence-electron chi connectivity index (χ0n) is 26.7. The summed E-state index contributed by atoms with van der Waals surface area (Å²) in [5.41, 5.74) is 1.70. The van der Waals surface area contributed by atoms with E-state index in [9.17, 15) is 14.7 Å². The maximum atomic E-state index is 13.3. The molecule has 9 nitrogen and oxygen atoms in total. The molecule has 254 valence electrons. The van der Waals surface area contributed by atoms with Crippen molar-refractivity contribution in [2.24, 2.45) is 0 Å². The normalized spacial score (nSPS) is 11.5. The number of hydrogen-bond donors (Lipinski definition) is 1. The Morgan fingerprint density at radius 1 is 0.750 bits per heavy atom. The van der Waals surface area contributed by atoms with E-state index in [0.717, 1.165) is 11.1 Å². The summed E-state index contributed by atoms with van der Waals surface area (Å²) in [4.78, 5) is 26.3. The zero-order valence-corrected chi connectivity index (χ0v) is 28.2. The molecule has 0 aliphatic rings. The van der Waals surface area contributed by atoms with Crippen LogP contribution < -0.4 is 14.2 Å². The van der Waals surface area contributed by atoms with E-state index in [1.165, 1.54) is 0 Å². The van der Waals surface area contributed by atoms with Crippen molar-refractivity contribution in [3.8, 4) is 23.0 Å². The molecule has 0 spiro atoms. The van der Waals surface area contributed by atoms with E-state index < -0.39 is 18.2 Å². The molecule has 0 saturated heterocycles. The summed E-state index contributed by atoms with van der Waals surface area (Å²) >= 11 is 12.1. The molecule has 0 fully saturated rings. The third kappa shape index (κ3) is 12.7. The summed E-state index contributed by atoms with van der Waals surface area (Å²) in [6.07, 6.45) is 0.226. The molecule has 11 heteroatoms. The Balaban J connectivity index is 1.29. The topological polar surface area (TPSA) is 104 Å². The lowest BCUT2D eigenvalue weighted by molar-refractivity contribution is -0.149. The highest BCUT2D eigenvalue weighted by atomic mass is 35.5. The molecule has 1 amide bonds. The van der Waals surface area contributed by atoms with Crippen LogP contribution in [0.3, 0.4) is 0 Å². The van der Waals surface area contributed by atoms with E-state index in [1.54, 1.807) is 66.4 Å². The van der Waals surface area contributed by atoms with Gasteiger partial charge in [0.05, 0.1) is 13.2 Å². The van der Waals surface area contributed by atoms with Crippen LogP contribution in [0.5, 0.6) is 23.0 Å². The van der Waals surface area contributed by atoms with E-state index >= 15 is 0 Å². The van der Waals surface area contributed by atoms with Crippen molar-refractivity contribution < 1.29 is 38.4 Å². The second kappa shape index (κ2) is 19.5. The first-order valence-electron chi connectivity index (χ1n) is 15.7. The molecule has 0 heterocycles. The maximum Gasteiger partial charge on any atom is 0.415 e. The highest BCUT2D eigenvalue weighted by molar-refractivity contribution is 6.34. The summed E-state index contributed by atoms with van der Waals surface area (Å²) < 4.78 is 28.5. The van der Waals surface area contributed by atoms with Crippen molar-refractivity contribution in [3.63, 3.8) is 0 Å². The summed E-state index contributed by atoms with van der Waals surface area (Å²) in [6.45, 7) is 3.88. The fourth-order valence-corrected chi connectivity index (χ4v) is 5.25. The Morgan fingerprint density at radius 2 is 1.40 bits per heavy atom. The predicted octanol–water partition coefficient (Wildman–Crippen LogP) is 8.69. The lowest BCUT2D eigenvalue weighted by Crippen LogP contribution is -2.37. The van der Waals surface area contributed by atoms with Gasteiger partial charge in [0.2, 0.25) is 0 Å². The van der Waals surface area contributed by atoms with Gasteiger partial charge in [-0.25, -0.2) is 9.59 Å². The van der Waals surface area contributed by atoms with E-state index in [2.05, 4.69) is 0 Å². The first kappa shape index (κ1) is 36.6. The summed E-state index contributed by atoms with van der Waals surface area (Å²) in [5.74, 6) is 1.31. The van der Waals surface area contributed by atoms with Crippen molar-refractivity contribution in [3.05, 3.63) is 118 Å². The Hall–Kier alpha value is -4.28. The SMILES string of the molecule is CCOC(Cc1ccc(OCCN(CCCCOCc2cc(Cl)cc(Cl)c2)C(=O)Oc2ccc(Oc3ccccc3)cc2)cc1)C(=O)O. The van der Waals surface area contributed by atoms with Gasteiger partial charge < -0.3 is 33.7 Å². The number of ether oxygens (including phenoxy) is 5. The van der Waals surface area contributed by atoms with Crippen LogP contribution in [0.25, 0.3) is 0 Å². The average Bonchev–Trinajstić information content (AvgIpc) is 3.07. The number of hydrogen-bond acceptors (Lipinski definition) is 7. The van der Waals surface area contributed by atoms with Crippen LogP contribution in [0.15, 0.2) is 97.1 Å². The lowest BCUT2D eigenvalue weighted by Gasteiger charge is -2.22. The Kier molecular flexibility index (Phi) is 14.9. The third-order valence-corrected chi connectivity index (χ3v) is 7.48. The Labute approximate surface area is 290 Å². The Bertz CT molecular complexity index is 1550. The van der Waals surface area contributed by atoms with E-state index in [0.29, 0.717) is 72.3 Å². The second-order valence-electron chi connectivity index (χ2n) is 10.8. The van der Waals surface area contributed by atoms with Gasteiger partial charge in [0.1, 0.15) is 29.6 Å². The van der Waals surface area contributed by atoms with Gasteiger partial charge in [0, 0.05) is 36.2 Å². The number of carboxylic acids is 1. The molecule has 0 saturated carbocycles. The molecule has 4 aromatic carbocycles. The van der Waals surface area contributed by atoms with Crippen molar-refractivity contribution in [2.75, 3.05) is 32.9 Å². The van der Waals surface area contributed by atoms with Crippen LogP contribution in [-0.2, 0) is 27.3 Å². The van der Waals surface area contributed by atoms with Crippen LogP contribution in [0.2, 0.25) is 10.0 Å². The van der Waals surface area contributed by atoms with Gasteiger partial charge in [0.15, 0.2) is 6.10 Å². The number of amides is 1. The molecule has 4 rings (SSSR count). The fraction of sp³-hybridized carbons (Fsp3) is 0.297. The standard InChI is InChI=1S/C37H39Cl2NO8/c1-2-45-35(36(41)42)24-27-10-12-31(13-11-27)46-21-19-40(18-6-7-20-44-26-28-22-29(38)25-30(39)23-28)37(43)48-34-16-14-33(15-17-34)47-32-8-4-3-5-9-32/h3-5,8-17,22-23,25,35H,2,6-7,18-21,24,26H2,1H3,(H,41,42). The molecule has 1 unspecified atom stereocenters. The van der Waals surface area contributed by atoms with Gasteiger partial charge in [-0.1, -0.05) is 53.5 Å². The first-order chi connectivity index (χ1) is 23.3. The number of carbonyl (C=O) groups excluding carboxylic acids is 1. The smallest absolute Gasteiger partial charge is 0.415 e. The van der Waals surface area contributed by atoms with Crippen molar-refractivity contribution in [1.29, 1.82) is 0 Å². The minimum atomic E-state index is -1.00. The number of carbonyl (C=O) groups is 2. The van der Waals surface area contributed by atoms with Gasteiger partial charge >= 0.3 is 12.1 Å². The number of carboxylic acid groups (broad SMARTS) is 1. The van der Waals surface area contributed by atoms with Crippen molar-refractivity contribution in [2.45, 2.75) is 38.9 Å². The fourth-order valence-electron chi connectivity index (χ4n) is 4.68. The number of halogens is 2. The highest BCUT2D eigenvalue weighted by Crippen LogP contribution is 2.24. The van der Waals surface area contributed by atoms with Gasteiger partial charge in [-0.05, 0) is 97.6 Å². The number of benzene rings is 4. The van der Waals surface area contributed by atoms with Crippen molar-refractivity contribution in [1.82, 2.24) is 4.90 Å². The molecular weight excluding hydrogens is 657 g/mol. The Morgan fingerprint density at radius 3 is 2.06 bits per heavy atom. The number of nitrogens with zero attached hydrogens (tertiary/aromatic N) is 1. The highest BCUT2D eigenvalue weighted by Gasteiger charge is 2.19. The van der Waals surface area contributed by atoms with E-state index in [1.807, 2.05) is 42.5 Å². The maximum absolute atomic E-state index is 13.3. The number of unbranched alkanes of at least 4 members (excludes halogenated alkanes) is 1. The van der Waals surface area contributed by atoms with Crippen LogP contribution >= 0.6 is 23.2 Å². The van der Waals surface area contributed by atoms with E-state index in [4.69, 9.17) is 46.9 Å². The minimum absolute atomic E-state index is 0.223. The molecule has 1 N–H and O–H groups in total. The van der Waals surface area contributed by atoms with Crippen LogP contribution in [0, 0.1) is 0 Å². The molecule has 48 heavy (non-hydrogen) atoms. The summed E-state index contributed by atoms with van der Waals surface area (Å²) in [7, 11) is 0. The molecule has 1 atom stereocenters. The van der Waals surface area contributed by atoms with E-state index in [-0.39, 0.29) is 19.6 Å². The molecule has 4 aromatic rings. The third-order valence-electron chi connectivity index (χ3n) is 7.04. The second-order valence-corrected chi connectivity index (χ2v) is 11.6. The van der Waals surface area contributed by atoms with Crippen molar-refractivity contribution >= 4 is 35.3 Å². The predicted molar refractivity (Wildman–Crippen MR) is 185 cm³/mol. The molecule has 0 aliphatic heterocycles. The molecule has 0 radical (unpaired) electrons. The monoisotopic (exact) mass is 695 g/mol. The molecular formula is C37H39Cl2NO8. The van der Waals surface area contributed by atoms with Gasteiger partial charge in [0.25, 0.3) is 0 Å². The van der Waals surface area contributed by atoms with Gasteiger partial charge in [-0.2, -0.15) is 0 Å². The number of para-hydroxylation sites is 1. The largest absolute Gasteiger partial charge is 0.492 e. The minimum Gasteiger partial charge on any atom is -0.492 e. The summed E-state index contributed by atoms with van der Waals surface area (Å²) in [6, 6.07) is 28.7. The van der Waals surface area contributed by atoms with Gasteiger partial charge in [-0.15, -0.1) is 0 Å². The molecule has 0 bridgehead atoms. The number of aliphatic carboxylic acids is 1. The van der Waals surface area contributed by atoms with Crippen LogP contribution in [-0.4, -0.2) is 61.1 Å². The zero-order chi connectivity index (χ0) is 34.1. The first-order valence-corrected chi connectivity index (χ1v) is 16.4. The van der Waals surface area contributed by atoms with Crippen LogP contribution in [0.4, 0.5) is 4.79 Å². The lowest BCUT2D eigenvalue weighted by atomic mass is 10.1. The average molecular weight is 697 g/mol. The number of rotatable bonds is 19.